The fourth-order valence-electron chi connectivity index (χ4n) is 4.74. The molecule has 1 saturated carbocycles. The Balaban J connectivity index is 1.38. The predicted molar refractivity (Wildman–Crippen MR) is 133 cm³/mol. The molecule has 2 aromatic heterocycles. The highest BCUT2D eigenvalue weighted by atomic mass is 32.2. The van der Waals surface area contributed by atoms with E-state index in [4.69, 9.17) is 4.74 Å². The van der Waals surface area contributed by atoms with Crippen molar-refractivity contribution in [3.63, 3.8) is 0 Å². The molecule has 2 N–H and O–H groups in total. The summed E-state index contributed by atoms with van der Waals surface area (Å²) in [6.07, 6.45) is 6.99. The first-order valence-electron chi connectivity index (χ1n) is 11.9. The van der Waals surface area contributed by atoms with Crippen LogP contribution >= 0.6 is 0 Å². The van der Waals surface area contributed by atoms with Gasteiger partial charge in [0.1, 0.15) is 11.6 Å². The Morgan fingerprint density at radius 1 is 1.09 bits per heavy atom. The number of nitrogens with one attached hydrogen (secondary N) is 2. The fraction of sp³-hybridized carbons (Fsp3) is 0.565. The van der Waals surface area contributed by atoms with Crippen molar-refractivity contribution in [3.05, 3.63) is 30.1 Å². The van der Waals surface area contributed by atoms with E-state index in [9.17, 15) is 13.2 Å². The number of carbonyl (C=O) groups is 1. The zero-order valence-corrected chi connectivity index (χ0v) is 20.8. The third-order valence-electron chi connectivity index (χ3n) is 6.88. The van der Waals surface area contributed by atoms with Gasteiger partial charge in [0.25, 0.3) is 5.91 Å². The summed E-state index contributed by atoms with van der Waals surface area (Å²) in [7, 11) is -3.53. The summed E-state index contributed by atoms with van der Waals surface area (Å²) in [6, 6.07) is 5.49. The summed E-state index contributed by atoms with van der Waals surface area (Å²) in [5.74, 6) is 1.21. The van der Waals surface area contributed by atoms with Crippen LogP contribution < -0.4 is 19.8 Å². The largest absolute Gasteiger partial charge is 0.375 e. The van der Waals surface area contributed by atoms with Crippen molar-refractivity contribution in [1.82, 2.24) is 15.0 Å². The highest BCUT2D eigenvalue weighted by molar-refractivity contribution is 7.92. The molecule has 1 amide bonds. The van der Waals surface area contributed by atoms with E-state index >= 15 is 0 Å². The Labute approximate surface area is 205 Å². The molecular weight excluding hydrogens is 470 g/mol. The van der Waals surface area contributed by atoms with Crippen LogP contribution in [0.4, 0.5) is 23.3 Å². The molecule has 3 aliphatic rings. The van der Waals surface area contributed by atoms with Gasteiger partial charge in [-0.2, -0.15) is 0 Å². The monoisotopic (exact) mass is 501 g/mol. The minimum Gasteiger partial charge on any atom is -0.375 e. The van der Waals surface area contributed by atoms with Gasteiger partial charge < -0.3 is 19.9 Å². The number of aromatic nitrogens is 3. The van der Waals surface area contributed by atoms with Gasteiger partial charge in [-0.1, -0.05) is 6.07 Å². The Morgan fingerprint density at radius 3 is 2.54 bits per heavy atom. The van der Waals surface area contributed by atoms with E-state index in [1.54, 1.807) is 6.07 Å². The maximum absolute atomic E-state index is 13.3. The molecule has 2 aromatic rings. The molecule has 1 spiro atoms. The number of hydrogen-bond donors (Lipinski definition) is 2. The van der Waals surface area contributed by atoms with E-state index in [1.807, 2.05) is 24.0 Å². The van der Waals surface area contributed by atoms with E-state index in [2.05, 4.69) is 29.9 Å². The zero-order valence-electron chi connectivity index (χ0n) is 20.0. The summed E-state index contributed by atoms with van der Waals surface area (Å²) in [5, 5.41) is 2.85. The lowest BCUT2D eigenvalue weighted by Crippen LogP contribution is -2.41. The number of rotatable bonds is 6. The van der Waals surface area contributed by atoms with Crippen molar-refractivity contribution < 1.29 is 17.9 Å². The molecule has 12 heteroatoms. The number of ether oxygens (including phenoxy) is 1. The number of nitrogens with zero attached hydrogens (tertiary/aromatic N) is 5. The van der Waals surface area contributed by atoms with Gasteiger partial charge in [0.15, 0.2) is 17.3 Å². The molecule has 0 aromatic carbocycles. The van der Waals surface area contributed by atoms with Crippen molar-refractivity contribution >= 4 is 39.2 Å². The highest BCUT2D eigenvalue weighted by Gasteiger charge is 2.45. The molecule has 1 atom stereocenters. The molecule has 1 unspecified atom stereocenters. The van der Waals surface area contributed by atoms with E-state index in [-0.39, 0.29) is 17.6 Å². The lowest BCUT2D eigenvalue weighted by molar-refractivity contribution is 0.0529. The van der Waals surface area contributed by atoms with E-state index in [1.165, 1.54) is 19.0 Å². The molecule has 0 bridgehead atoms. The molecule has 2 aliphatic heterocycles. The van der Waals surface area contributed by atoms with E-state index in [0.717, 1.165) is 51.1 Å². The van der Waals surface area contributed by atoms with Crippen molar-refractivity contribution in [3.8, 4) is 0 Å². The minimum atomic E-state index is -3.53. The van der Waals surface area contributed by atoms with Crippen LogP contribution in [-0.4, -0.2) is 74.4 Å². The molecule has 188 valence electrons. The van der Waals surface area contributed by atoms with Crippen molar-refractivity contribution in [2.24, 2.45) is 5.41 Å². The van der Waals surface area contributed by atoms with Crippen LogP contribution in [0.1, 0.15) is 43.1 Å². The summed E-state index contributed by atoms with van der Waals surface area (Å²) in [4.78, 5) is 30.9. The minimum absolute atomic E-state index is 0.0901. The Hall–Kier alpha value is -2.99. The fourth-order valence-corrected chi connectivity index (χ4v) is 5.22. The average molecular weight is 502 g/mol. The van der Waals surface area contributed by atoms with Crippen LogP contribution in [0.2, 0.25) is 0 Å². The first-order chi connectivity index (χ1) is 16.7. The van der Waals surface area contributed by atoms with E-state index in [0.29, 0.717) is 23.7 Å². The Kier molecular flexibility index (Phi) is 6.26. The van der Waals surface area contributed by atoms with Crippen LogP contribution in [0.15, 0.2) is 24.4 Å². The van der Waals surface area contributed by atoms with Gasteiger partial charge in [-0.15, -0.1) is 0 Å². The van der Waals surface area contributed by atoms with Gasteiger partial charge in [0, 0.05) is 26.2 Å². The molecule has 35 heavy (non-hydrogen) atoms. The second kappa shape index (κ2) is 9.23. The molecule has 4 heterocycles. The van der Waals surface area contributed by atoms with Gasteiger partial charge in [-0.05, 0) is 50.2 Å². The van der Waals surface area contributed by atoms with E-state index < -0.39 is 15.9 Å². The summed E-state index contributed by atoms with van der Waals surface area (Å²) < 4.78 is 31.4. The second-order valence-corrected chi connectivity index (χ2v) is 11.5. The Morgan fingerprint density at radius 2 is 1.86 bits per heavy atom. The average Bonchev–Trinajstić information content (AvgIpc) is 3.57. The lowest BCUT2D eigenvalue weighted by atomic mass is 9.93. The van der Waals surface area contributed by atoms with Crippen LogP contribution in [0.5, 0.6) is 0 Å². The van der Waals surface area contributed by atoms with Crippen LogP contribution in [0.3, 0.4) is 0 Å². The number of sulfonamides is 1. The Bertz CT molecular complexity index is 1210. The first kappa shape index (κ1) is 23.7. The maximum Gasteiger partial charge on any atom is 0.279 e. The molecule has 5 rings (SSSR count). The quantitative estimate of drug-likeness (QED) is 0.611. The number of hydrogen-bond acceptors (Lipinski definition) is 9. The number of morpholine rings is 1. The number of piperidine rings is 1. The van der Waals surface area contributed by atoms with Crippen LogP contribution in [0.25, 0.3) is 0 Å². The zero-order chi connectivity index (χ0) is 24.6. The summed E-state index contributed by atoms with van der Waals surface area (Å²) >= 11 is 0. The third kappa shape index (κ3) is 5.64. The number of carbonyl (C=O) groups excluding carboxylic acids is 1. The third-order valence-corrected chi connectivity index (χ3v) is 7.46. The van der Waals surface area contributed by atoms with Gasteiger partial charge in [-0.25, -0.2) is 23.4 Å². The highest BCUT2D eigenvalue weighted by Crippen LogP contribution is 2.54. The second-order valence-electron chi connectivity index (χ2n) is 9.75. The number of amides is 1. The molecule has 3 fully saturated rings. The standard InChI is InChI=1S/C23H31N7O4S/c1-16-15-30(12-13-34-16)19-5-3-4-17(25-19)27-22(31)20-21(26-18(14-24-20)28-35(2,32)33)29-10-8-23(6-7-23)9-11-29/h3-5,14,16H,6-13,15H2,1-2H3,(H,26,28)(H,25,27,31). The molecule has 0 radical (unpaired) electrons. The van der Waals surface area contributed by atoms with Gasteiger partial charge in [-0.3, -0.25) is 9.52 Å². The molecule has 1 aliphatic carbocycles. The lowest BCUT2D eigenvalue weighted by Gasteiger charge is -2.33. The molecule has 11 nitrogen and oxygen atoms in total. The number of pyridine rings is 1. The van der Waals surface area contributed by atoms with Crippen LogP contribution in [0, 0.1) is 5.41 Å². The van der Waals surface area contributed by atoms with Crippen molar-refractivity contribution in [2.45, 2.75) is 38.7 Å². The van der Waals surface area contributed by atoms with Crippen molar-refractivity contribution in [1.29, 1.82) is 0 Å². The van der Waals surface area contributed by atoms with Gasteiger partial charge >= 0.3 is 0 Å². The van der Waals surface area contributed by atoms with Gasteiger partial charge in [0.2, 0.25) is 10.0 Å². The maximum atomic E-state index is 13.3. The van der Waals surface area contributed by atoms with Crippen LogP contribution in [-0.2, 0) is 14.8 Å². The summed E-state index contributed by atoms with van der Waals surface area (Å²) in [6.45, 7) is 5.61. The smallest absolute Gasteiger partial charge is 0.279 e. The summed E-state index contributed by atoms with van der Waals surface area (Å²) in [5.41, 5.74) is 0.582. The molecule has 2 saturated heterocycles. The first-order valence-corrected chi connectivity index (χ1v) is 13.8. The SMILES string of the molecule is CC1CN(c2cccc(NC(=O)c3ncc(NS(C)(=O)=O)nc3N3CCC4(CC3)CC4)n2)CCO1. The normalized spacial score (nSPS) is 21.6. The number of anilines is 4. The predicted octanol–water partition coefficient (Wildman–Crippen LogP) is 2.10. The molecular formula is C23H31N7O4S. The van der Waals surface area contributed by atoms with Gasteiger partial charge in [0.05, 0.1) is 25.2 Å². The van der Waals surface area contributed by atoms with Crippen molar-refractivity contribution in [2.75, 3.05) is 58.9 Å². The topological polar surface area (TPSA) is 130 Å².